The summed E-state index contributed by atoms with van der Waals surface area (Å²) < 4.78 is 10.5. The van der Waals surface area contributed by atoms with Crippen molar-refractivity contribution < 1.29 is 14.3 Å². The first-order valence-electron chi connectivity index (χ1n) is 7.08. The number of thioether (sulfide) groups is 1. The molecule has 22 heavy (non-hydrogen) atoms. The summed E-state index contributed by atoms with van der Waals surface area (Å²) in [5, 5.41) is 0.672. The van der Waals surface area contributed by atoms with Crippen molar-refractivity contribution in [3.63, 3.8) is 0 Å². The van der Waals surface area contributed by atoms with E-state index in [1.165, 1.54) is 11.8 Å². The normalized spacial score (nSPS) is 20.9. The maximum absolute atomic E-state index is 12.3. The maximum Gasteiger partial charge on any atom is 0.317 e. The summed E-state index contributed by atoms with van der Waals surface area (Å²) in [7, 11) is 1.62. The van der Waals surface area contributed by atoms with Crippen LogP contribution in [0.25, 0.3) is 0 Å². The highest BCUT2D eigenvalue weighted by molar-refractivity contribution is 8.13. The van der Waals surface area contributed by atoms with E-state index in [1.54, 1.807) is 14.0 Å². The zero-order valence-corrected chi connectivity index (χ0v) is 14.0. The van der Waals surface area contributed by atoms with Crippen molar-refractivity contribution >= 4 is 28.6 Å². The quantitative estimate of drug-likeness (QED) is 0.800. The molecule has 0 radical (unpaired) electrons. The van der Waals surface area contributed by atoms with Crippen LogP contribution < -0.4 is 4.74 Å². The molecular formula is C16H20N2O3S. The number of esters is 1. The molecule has 2 rings (SSSR count). The number of ether oxygens (including phenoxy) is 2. The van der Waals surface area contributed by atoms with E-state index in [2.05, 4.69) is 9.98 Å². The Bertz CT molecular complexity index is 613. The average molecular weight is 320 g/mol. The molecule has 0 spiro atoms. The number of hydrogen-bond donors (Lipinski definition) is 0. The third kappa shape index (κ3) is 3.50. The van der Waals surface area contributed by atoms with Gasteiger partial charge in [0.1, 0.15) is 11.7 Å². The largest absolute Gasteiger partial charge is 0.497 e. The van der Waals surface area contributed by atoms with E-state index >= 15 is 0 Å². The third-order valence-electron chi connectivity index (χ3n) is 3.45. The van der Waals surface area contributed by atoms with Crippen LogP contribution in [0.2, 0.25) is 0 Å². The third-order valence-corrected chi connectivity index (χ3v) is 4.01. The van der Waals surface area contributed by atoms with Crippen molar-refractivity contribution in [2.75, 3.05) is 20.0 Å². The van der Waals surface area contributed by atoms with Gasteiger partial charge in [-0.1, -0.05) is 23.9 Å². The smallest absolute Gasteiger partial charge is 0.317 e. The van der Waals surface area contributed by atoms with E-state index in [1.807, 2.05) is 37.4 Å². The molecule has 5 nitrogen and oxygen atoms in total. The van der Waals surface area contributed by atoms with Gasteiger partial charge in [0.15, 0.2) is 5.17 Å². The number of amidine groups is 1. The van der Waals surface area contributed by atoms with Crippen LogP contribution in [0.3, 0.4) is 0 Å². The fourth-order valence-electron chi connectivity index (χ4n) is 2.39. The van der Waals surface area contributed by atoms with Crippen LogP contribution in [0.1, 0.15) is 25.5 Å². The SMILES string of the molecule is CCOC(=O)C1C(C)=NC(SC)=NC1c1cccc(OC)c1. The summed E-state index contributed by atoms with van der Waals surface area (Å²) in [6.45, 7) is 3.98. The highest BCUT2D eigenvalue weighted by atomic mass is 32.2. The van der Waals surface area contributed by atoms with Crippen molar-refractivity contribution in [1.29, 1.82) is 0 Å². The summed E-state index contributed by atoms with van der Waals surface area (Å²) in [5.41, 5.74) is 1.64. The standard InChI is InChI=1S/C16H20N2O3S/c1-5-21-15(19)13-10(2)17-16(22-4)18-14(13)11-7-6-8-12(9-11)20-3/h6-9,13-14H,5H2,1-4H3. The summed E-state index contributed by atoms with van der Waals surface area (Å²) in [6.07, 6.45) is 1.92. The van der Waals surface area contributed by atoms with Crippen molar-refractivity contribution in [1.82, 2.24) is 0 Å². The zero-order valence-electron chi connectivity index (χ0n) is 13.2. The van der Waals surface area contributed by atoms with Crippen molar-refractivity contribution in [2.24, 2.45) is 15.9 Å². The van der Waals surface area contributed by atoms with Gasteiger partial charge in [0.05, 0.1) is 19.8 Å². The molecule has 2 atom stereocenters. The van der Waals surface area contributed by atoms with Gasteiger partial charge in [-0.25, -0.2) is 4.99 Å². The Morgan fingerprint density at radius 2 is 2.18 bits per heavy atom. The van der Waals surface area contributed by atoms with Gasteiger partial charge in [0, 0.05) is 5.71 Å². The lowest BCUT2D eigenvalue weighted by atomic mass is 9.89. The molecule has 1 aliphatic rings. The van der Waals surface area contributed by atoms with Crippen LogP contribution in [0.15, 0.2) is 34.3 Å². The van der Waals surface area contributed by atoms with Gasteiger partial charge < -0.3 is 9.47 Å². The molecule has 0 saturated carbocycles. The minimum atomic E-state index is -0.497. The molecule has 1 aromatic rings. The molecule has 2 unspecified atom stereocenters. The second kappa shape index (κ2) is 7.45. The Kier molecular flexibility index (Phi) is 5.60. The van der Waals surface area contributed by atoms with Crippen LogP contribution in [-0.4, -0.2) is 36.8 Å². The Hall–Kier alpha value is -1.82. The van der Waals surface area contributed by atoms with Crippen LogP contribution in [0, 0.1) is 5.92 Å². The molecule has 0 bridgehead atoms. The Morgan fingerprint density at radius 3 is 2.82 bits per heavy atom. The average Bonchev–Trinajstić information content (AvgIpc) is 2.54. The summed E-state index contributed by atoms with van der Waals surface area (Å²) in [4.78, 5) is 21.3. The molecule has 118 valence electrons. The van der Waals surface area contributed by atoms with Crippen LogP contribution >= 0.6 is 11.8 Å². The van der Waals surface area contributed by atoms with Gasteiger partial charge >= 0.3 is 5.97 Å². The monoisotopic (exact) mass is 320 g/mol. The number of aliphatic imine (C=N–C) groups is 2. The number of benzene rings is 1. The molecule has 0 amide bonds. The van der Waals surface area contributed by atoms with Crippen LogP contribution in [-0.2, 0) is 9.53 Å². The Labute approximate surface area is 134 Å². The minimum Gasteiger partial charge on any atom is -0.497 e. The predicted molar refractivity (Wildman–Crippen MR) is 89.9 cm³/mol. The number of carbonyl (C=O) groups is 1. The molecule has 0 fully saturated rings. The predicted octanol–water partition coefficient (Wildman–Crippen LogP) is 3.11. The first kappa shape index (κ1) is 16.5. The first-order valence-corrected chi connectivity index (χ1v) is 8.30. The van der Waals surface area contributed by atoms with E-state index in [0.717, 1.165) is 17.0 Å². The number of methoxy groups -OCH3 is 1. The van der Waals surface area contributed by atoms with Gasteiger partial charge in [0.2, 0.25) is 0 Å². The number of carbonyl (C=O) groups excluding carboxylic acids is 1. The molecule has 0 aliphatic carbocycles. The van der Waals surface area contributed by atoms with Gasteiger partial charge in [-0.15, -0.1) is 0 Å². The van der Waals surface area contributed by atoms with E-state index in [4.69, 9.17) is 9.47 Å². The Balaban J connectivity index is 2.44. The molecule has 1 aromatic carbocycles. The highest BCUT2D eigenvalue weighted by Gasteiger charge is 2.36. The fraction of sp³-hybridized carbons (Fsp3) is 0.438. The topological polar surface area (TPSA) is 60.2 Å². The van der Waals surface area contributed by atoms with E-state index in [0.29, 0.717) is 11.8 Å². The lowest BCUT2D eigenvalue weighted by Crippen LogP contribution is -2.33. The van der Waals surface area contributed by atoms with Gasteiger partial charge in [0.25, 0.3) is 0 Å². The van der Waals surface area contributed by atoms with E-state index in [-0.39, 0.29) is 12.0 Å². The summed E-state index contributed by atoms with van der Waals surface area (Å²) in [6, 6.07) is 7.27. The molecule has 0 aromatic heterocycles. The van der Waals surface area contributed by atoms with Crippen LogP contribution in [0.5, 0.6) is 5.75 Å². The van der Waals surface area contributed by atoms with Crippen molar-refractivity contribution in [3.8, 4) is 5.75 Å². The van der Waals surface area contributed by atoms with Crippen LogP contribution in [0.4, 0.5) is 0 Å². The first-order chi connectivity index (χ1) is 10.6. The number of hydrogen-bond acceptors (Lipinski definition) is 6. The highest BCUT2D eigenvalue weighted by Crippen LogP contribution is 2.34. The lowest BCUT2D eigenvalue weighted by Gasteiger charge is -2.26. The number of rotatable bonds is 4. The minimum absolute atomic E-state index is 0.291. The lowest BCUT2D eigenvalue weighted by molar-refractivity contribution is -0.146. The fourth-order valence-corrected chi connectivity index (χ4v) is 2.85. The second-order valence-electron chi connectivity index (χ2n) is 4.82. The van der Waals surface area contributed by atoms with Gasteiger partial charge in [-0.05, 0) is 37.8 Å². The summed E-state index contributed by atoms with van der Waals surface area (Å²) in [5.74, 6) is -0.0513. The maximum atomic E-state index is 12.3. The molecule has 6 heteroatoms. The molecule has 1 aliphatic heterocycles. The molecular weight excluding hydrogens is 300 g/mol. The molecule has 1 heterocycles. The van der Waals surface area contributed by atoms with E-state index < -0.39 is 5.92 Å². The number of nitrogens with zero attached hydrogens (tertiary/aromatic N) is 2. The van der Waals surface area contributed by atoms with E-state index in [9.17, 15) is 4.79 Å². The summed E-state index contributed by atoms with van der Waals surface area (Å²) >= 11 is 1.46. The second-order valence-corrected chi connectivity index (χ2v) is 5.59. The molecule has 0 N–H and O–H groups in total. The zero-order chi connectivity index (χ0) is 16.1. The van der Waals surface area contributed by atoms with Gasteiger partial charge in [-0.2, -0.15) is 0 Å². The van der Waals surface area contributed by atoms with Crippen molar-refractivity contribution in [3.05, 3.63) is 29.8 Å². The van der Waals surface area contributed by atoms with Crippen molar-refractivity contribution in [2.45, 2.75) is 19.9 Å². The molecule has 0 saturated heterocycles. The Morgan fingerprint density at radius 1 is 1.41 bits per heavy atom. The van der Waals surface area contributed by atoms with Gasteiger partial charge in [-0.3, -0.25) is 9.79 Å².